The fraction of sp³-hybridized carbons (Fsp3) is 0.727. The second kappa shape index (κ2) is 3.57. The van der Waals surface area contributed by atoms with Crippen molar-refractivity contribution >= 4 is 5.97 Å². The lowest BCUT2D eigenvalue weighted by molar-refractivity contribution is 0.0687. The Hall–Kier alpha value is -1.39. The summed E-state index contributed by atoms with van der Waals surface area (Å²) in [4.78, 5) is 11.1. The van der Waals surface area contributed by atoms with Gasteiger partial charge in [0.25, 0.3) is 0 Å². The first-order valence-electron chi connectivity index (χ1n) is 5.95. The summed E-state index contributed by atoms with van der Waals surface area (Å²) in [5.41, 5.74) is 1.06. The molecule has 0 saturated heterocycles. The van der Waals surface area contributed by atoms with E-state index in [1.807, 2.05) is 4.68 Å². The van der Waals surface area contributed by atoms with Crippen molar-refractivity contribution in [2.24, 2.45) is 0 Å². The molecule has 86 valence electrons. The molecule has 0 spiro atoms. The quantitative estimate of drug-likeness (QED) is 0.847. The van der Waals surface area contributed by atoms with Gasteiger partial charge in [0, 0.05) is 5.92 Å². The van der Waals surface area contributed by atoms with Crippen LogP contribution in [-0.2, 0) is 0 Å². The highest BCUT2D eigenvalue weighted by molar-refractivity contribution is 5.86. The third-order valence-corrected chi connectivity index (χ3v) is 3.85. The minimum absolute atomic E-state index is 0.177. The van der Waals surface area contributed by atoms with Crippen LogP contribution in [-0.4, -0.2) is 26.1 Å². The van der Waals surface area contributed by atoms with Crippen LogP contribution < -0.4 is 0 Å². The van der Waals surface area contributed by atoms with E-state index in [4.69, 9.17) is 5.11 Å². The molecule has 2 aliphatic rings. The van der Waals surface area contributed by atoms with E-state index in [9.17, 15) is 4.79 Å². The molecule has 1 aromatic heterocycles. The first-order valence-corrected chi connectivity index (χ1v) is 5.95. The zero-order valence-electron chi connectivity index (χ0n) is 9.09. The summed E-state index contributed by atoms with van der Waals surface area (Å²) in [6.07, 6.45) is 6.81. The number of hydrogen-bond acceptors (Lipinski definition) is 3. The summed E-state index contributed by atoms with van der Waals surface area (Å²) < 4.78 is 1.89. The Morgan fingerprint density at radius 2 is 1.94 bits per heavy atom. The van der Waals surface area contributed by atoms with Crippen LogP contribution in [0.2, 0.25) is 0 Å². The van der Waals surface area contributed by atoms with E-state index in [0.29, 0.717) is 12.0 Å². The smallest absolute Gasteiger partial charge is 0.358 e. The van der Waals surface area contributed by atoms with E-state index in [1.165, 1.54) is 12.8 Å². The maximum Gasteiger partial charge on any atom is 0.358 e. The molecule has 16 heavy (non-hydrogen) atoms. The van der Waals surface area contributed by atoms with E-state index in [1.54, 1.807) is 0 Å². The van der Waals surface area contributed by atoms with Crippen LogP contribution in [0.3, 0.4) is 0 Å². The van der Waals surface area contributed by atoms with Crippen LogP contribution in [0.1, 0.15) is 66.7 Å². The van der Waals surface area contributed by atoms with E-state index in [-0.39, 0.29) is 5.69 Å². The number of carboxylic acids is 1. The fourth-order valence-electron chi connectivity index (χ4n) is 2.42. The summed E-state index contributed by atoms with van der Waals surface area (Å²) in [7, 11) is 0. The molecule has 2 fully saturated rings. The predicted octanol–water partition coefficient (Wildman–Crippen LogP) is 1.97. The molecule has 0 aliphatic heterocycles. The summed E-state index contributed by atoms with van der Waals surface area (Å²) in [6, 6.07) is 0.399. The van der Waals surface area contributed by atoms with E-state index < -0.39 is 5.97 Å². The van der Waals surface area contributed by atoms with Gasteiger partial charge >= 0.3 is 5.97 Å². The molecule has 0 amide bonds. The molecule has 1 aromatic rings. The van der Waals surface area contributed by atoms with E-state index in [2.05, 4.69) is 10.3 Å². The summed E-state index contributed by atoms with van der Waals surface area (Å²) in [6.45, 7) is 0. The molecule has 0 unspecified atom stereocenters. The molecular formula is C11H15N3O2. The van der Waals surface area contributed by atoms with Crippen LogP contribution in [0.5, 0.6) is 0 Å². The van der Waals surface area contributed by atoms with Crippen molar-refractivity contribution in [2.75, 3.05) is 0 Å². The molecule has 3 rings (SSSR count). The van der Waals surface area contributed by atoms with Crippen LogP contribution >= 0.6 is 0 Å². The Kier molecular flexibility index (Phi) is 2.19. The predicted molar refractivity (Wildman–Crippen MR) is 56.5 cm³/mol. The Balaban J connectivity index is 1.99. The number of nitrogens with zero attached hydrogens (tertiary/aromatic N) is 3. The van der Waals surface area contributed by atoms with Crippen molar-refractivity contribution in [3.63, 3.8) is 0 Å². The van der Waals surface area contributed by atoms with Crippen molar-refractivity contribution in [3.8, 4) is 0 Å². The lowest BCUT2D eigenvalue weighted by Gasteiger charge is -2.32. The van der Waals surface area contributed by atoms with Crippen molar-refractivity contribution < 1.29 is 9.90 Å². The van der Waals surface area contributed by atoms with Gasteiger partial charge in [-0.05, 0) is 32.1 Å². The zero-order valence-corrected chi connectivity index (χ0v) is 9.09. The van der Waals surface area contributed by atoms with Crippen molar-refractivity contribution in [1.29, 1.82) is 0 Å². The van der Waals surface area contributed by atoms with Gasteiger partial charge in [-0.3, -0.25) is 0 Å². The average Bonchev–Trinajstić information content (AvgIpc) is 2.43. The van der Waals surface area contributed by atoms with Gasteiger partial charge < -0.3 is 5.11 Å². The van der Waals surface area contributed by atoms with Gasteiger partial charge in [-0.2, -0.15) is 0 Å². The molecule has 2 aliphatic carbocycles. The molecule has 2 saturated carbocycles. The highest BCUT2D eigenvalue weighted by atomic mass is 16.4. The molecule has 0 radical (unpaired) electrons. The molecule has 0 aromatic carbocycles. The lowest BCUT2D eigenvalue weighted by atomic mass is 9.81. The zero-order chi connectivity index (χ0) is 11.1. The second-order valence-corrected chi connectivity index (χ2v) is 4.79. The summed E-state index contributed by atoms with van der Waals surface area (Å²) in [5, 5.41) is 17.0. The first-order chi connectivity index (χ1) is 7.77. The largest absolute Gasteiger partial charge is 0.476 e. The fourth-order valence-corrected chi connectivity index (χ4v) is 2.42. The van der Waals surface area contributed by atoms with Crippen LogP contribution in [0, 0.1) is 0 Å². The van der Waals surface area contributed by atoms with Gasteiger partial charge in [0.2, 0.25) is 0 Å². The lowest BCUT2D eigenvalue weighted by Crippen LogP contribution is -2.24. The normalized spacial score (nSPS) is 21.5. The molecule has 5 nitrogen and oxygen atoms in total. The molecule has 1 N–H and O–H groups in total. The number of carboxylic acid groups (broad SMARTS) is 1. The SMILES string of the molecule is O=C(O)c1nnn(C2CCC2)c1C1CCC1. The summed E-state index contributed by atoms with van der Waals surface area (Å²) in [5.74, 6) is -0.561. The van der Waals surface area contributed by atoms with Crippen LogP contribution in [0.25, 0.3) is 0 Å². The van der Waals surface area contributed by atoms with Crippen LogP contribution in [0.15, 0.2) is 0 Å². The maximum atomic E-state index is 11.1. The first kappa shape index (κ1) is 9.81. The summed E-state index contributed by atoms with van der Waals surface area (Å²) >= 11 is 0. The van der Waals surface area contributed by atoms with Gasteiger partial charge in [-0.1, -0.05) is 11.6 Å². The van der Waals surface area contributed by atoms with Crippen molar-refractivity contribution in [1.82, 2.24) is 15.0 Å². The molecular weight excluding hydrogens is 206 g/mol. The van der Waals surface area contributed by atoms with Gasteiger partial charge in [0.1, 0.15) is 0 Å². The average molecular weight is 221 g/mol. The number of carbonyl (C=O) groups is 1. The standard InChI is InChI=1S/C11H15N3O2/c15-11(16)9-10(7-3-1-4-7)14(13-12-9)8-5-2-6-8/h7-8H,1-6H2,(H,15,16). The number of aromatic nitrogens is 3. The van der Waals surface area contributed by atoms with Gasteiger partial charge in [-0.15, -0.1) is 5.10 Å². The minimum Gasteiger partial charge on any atom is -0.476 e. The maximum absolute atomic E-state index is 11.1. The topological polar surface area (TPSA) is 68.0 Å². The van der Waals surface area contributed by atoms with Crippen molar-refractivity contribution in [3.05, 3.63) is 11.4 Å². The van der Waals surface area contributed by atoms with E-state index >= 15 is 0 Å². The highest BCUT2D eigenvalue weighted by Gasteiger charge is 2.34. The Morgan fingerprint density at radius 1 is 1.25 bits per heavy atom. The number of hydrogen-bond donors (Lipinski definition) is 1. The van der Waals surface area contributed by atoms with Crippen LogP contribution in [0.4, 0.5) is 0 Å². The Labute approximate surface area is 93.5 Å². The Bertz CT molecular complexity index is 419. The molecule has 0 bridgehead atoms. The highest BCUT2D eigenvalue weighted by Crippen LogP contribution is 2.41. The number of rotatable bonds is 3. The van der Waals surface area contributed by atoms with Gasteiger partial charge in [-0.25, -0.2) is 9.48 Å². The minimum atomic E-state index is -0.938. The molecule has 5 heteroatoms. The molecule has 1 heterocycles. The number of aromatic carboxylic acids is 1. The molecule has 0 atom stereocenters. The monoisotopic (exact) mass is 221 g/mol. The third-order valence-electron chi connectivity index (χ3n) is 3.85. The van der Waals surface area contributed by atoms with Crippen molar-refractivity contribution in [2.45, 2.75) is 50.5 Å². The van der Waals surface area contributed by atoms with Gasteiger partial charge in [0.15, 0.2) is 5.69 Å². The van der Waals surface area contributed by atoms with Gasteiger partial charge in [0.05, 0.1) is 11.7 Å². The third kappa shape index (κ3) is 1.34. The Morgan fingerprint density at radius 3 is 2.38 bits per heavy atom. The second-order valence-electron chi connectivity index (χ2n) is 4.79. The van der Waals surface area contributed by atoms with E-state index in [0.717, 1.165) is 31.4 Å².